The Hall–Kier alpha value is -1.41. The van der Waals surface area contributed by atoms with E-state index in [1.54, 1.807) is 0 Å². The molecule has 6 aromatic carbocycles. The Bertz CT molecular complexity index is 1740. The summed E-state index contributed by atoms with van der Waals surface area (Å²) in [6.45, 7) is 0. The summed E-state index contributed by atoms with van der Waals surface area (Å²) < 4.78 is 7.67. The standard InChI is InChI=1S/C40H32Br6OSi2/c41-39(42,43)29-31-17-13-15-27-37(31)48(33-19-5-1-6-20-33,34-21-7-2-8-22-34)47-49(35-23-9-3-10-24-35,36-25-11-4-12-26-36)38-28-16-14-18-32(38)30-40(44,45)46/h1-28H,29-30H2. The lowest BCUT2D eigenvalue weighted by Crippen LogP contribution is -2.81. The Morgan fingerprint density at radius 1 is 0.347 bits per heavy atom. The van der Waals surface area contributed by atoms with E-state index in [1.165, 1.54) is 42.2 Å². The Morgan fingerprint density at radius 2 is 0.592 bits per heavy atom. The Kier molecular flexibility index (Phi) is 12.3. The van der Waals surface area contributed by atoms with Crippen LogP contribution in [-0.2, 0) is 17.0 Å². The minimum absolute atomic E-state index is 0.485. The molecule has 0 saturated carbocycles. The number of hydrogen-bond acceptors (Lipinski definition) is 1. The van der Waals surface area contributed by atoms with Crippen LogP contribution in [0.1, 0.15) is 11.1 Å². The van der Waals surface area contributed by atoms with Crippen molar-refractivity contribution < 1.29 is 4.12 Å². The first-order chi connectivity index (χ1) is 23.5. The molecule has 49 heavy (non-hydrogen) atoms. The van der Waals surface area contributed by atoms with Crippen molar-refractivity contribution in [2.75, 3.05) is 0 Å². The second-order valence-electron chi connectivity index (χ2n) is 11.8. The van der Waals surface area contributed by atoms with Crippen LogP contribution in [0.25, 0.3) is 0 Å². The molecular formula is C40H32Br6OSi2. The van der Waals surface area contributed by atoms with Crippen LogP contribution in [0.2, 0.25) is 0 Å². The van der Waals surface area contributed by atoms with Gasteiger partial charge in [0.05, 0.1) is 0 Å². The zero-order chi connectivity index (χ0) is 34.5. The molecule has 0 atom stereocenters. The summed E-state index contributed by atoms with van der Waals surface area (Å²) >= 11 is 23.0. The van der Waals surface area contributed by atoms with Crippen molar-refractivity contribution >= 4 is 143 Å². The Labute approximate surface area is 342 Å². The maximum absolute atomic E-state index is 8.64. The van der Waals surface area contributed by atoms with Gasteiger partial charge in [0.15, 0.2) is 0 Å². The average Bonchev–Trinajstić information content (AvgIpc) is 3.10. The largest absolute Gasteiger partial charge is 0.435 e. The first kappa shape index (κ1) is 37.4. The molecule has 6 aromatic rings. The van der Waals surface area contributed by atoms with Gasteiger partial charge in [0, 0.05) is 12.8 Å². The third-order valence-electron chi connectivity index (χ3n) is 8.60. The van der Waals surface area contributed by atoms with Gasteiger partial charge in [-0.25, -0.2) is 0 Å². The lowest BCUT2D eigenvalue weighted by atomic mass is 10.2. The normalized spacial score (nSPS) is 12.5. The van der Waals surface area contributed by atoms with Gasteiger partial charge in [-0.2, -0.15) is 0 Å². The number of hydrogen-bond donors (Lipinski definition) is 0. The maximum Gasteiger partial charge on any atom is 0.279 e. The molecule has 6 rings (SSSR count). The molecule has 0 spiro atoms. The predicted molar refractivity (Wildman–Crippen MR) is 235 cm³/mol. The smallest absolute Gasteiger partial charge is 0.279 e. The van der Waals surface area contributed by atoms with Crippen molar-refractivity contribution in [3.05, 3.63) is 181 Å². The highest BCUT2D eigenvalue weighted by atomic mass is 80.0. The van der Waals surface area contributed by atoms with E-state index in [4.69, 9.17) is 4.12 Å². The van der Waals surface area contributed by atoms with E-state index in [9.17, 15) is 0 Å². The van der Waals surface area contributed by atoms with Crippen LogP contribution in [0.3, 0.4) is 0 Å². The quantitative estimate of drug-likeness (QED) is 0.0757. The fraction of sp³-hybridized carbons (Fsp3) is 0.100. The molecule has 0 aliphatic rings. The van der Waals surface area contributed by atoms with Gasteiger partial charge < -0.3 is 4.12 Å². The molecule has 248 valence electrons. The lowest BCUT2D eigenvalue weighted by molar-refractivity contribution is 0.599. The van der Waals surface area contributed by atoms with Crippen LogP contribution in [-0.4, -0.2) is 20.9 Å². The molecule has 0 fully saturated rings. The highest BCUT2D eigenvalue weighted by Gasteiger charge is 2.54. The van der Waals surface area contributed by atoms with Crippen LogP contribution < -0.4 is 31.1 Å². The second kappa shape index (κ2) is 16.1. The second-order valence-corrected chi connectivity index (χ2v) is 33.3. The SMILES string of the molecule is BrC(Br)(Br)Cc1ccccc1[Si](O[Si](c1ccccc1)(c1ccccc1)c1ccccc1CC(Br)(Br)Br)(c1ccccc1)c1ccccc1. The molecule has 0 aliphatic heterocycles. The fourth-order valence-electron chi connectivity index (χ4n) is 6.69. The highest BCUT2D eigenvalue weighted by Crippen LogP contribution is 2.38. The average molecular weight is 1060 g/mol. The molecule has 0 radical (unpaired) electrons. The summed E-state index contributed by atoms with van der Waals surface area (Å²) in [4.78, 5) is 0. The first-order valence-electron chi connectivity index (χ1n) is 15.8. The first-order valence-corrected chi connectivity index (χ1v) is 24.3. The molecule has 0 heterocycles. The van der Waals surface area contributed by atoms with Gasteiger partial charge in [-0.1, -0.05) is 265 Å². The van der Waals surface area contributed by atoms with Crippen LogP contribution >= 0.6 is 95.6 Å². The summed E-state index contributed by atoms with van der Waals surface area (Å²) in [5, 5.41) is 7.19. The molecule has 9 heteroatoms. The molecule has 0 N–H and O–H groups in total. The molecular weight excluding hydrogens is 1030 g/mol. The monoisotopic (exact) mass is 1060 g/mol. The van der Waals surface area contributed by atoms with Crippen LogP contribution in [0.4, 0.5) is 0 Å². The Balaban J connectivity index is 1.81. The van der Waals surface area contributed by atoms with E-state index in [-0.39, 0.29) is 0 Å². The van der Waals surface area contributed by atoms with Gasteiger partial charge in [-0.15, -0.1) is 0 Å². The van der Waals surface area contributed by atoms with Crippen LogP contribution in [0.15, 0.2) is 170 Å². The van der Waals surface area contributed by atoms with Gasteiger partial charge in [-0.05, 0) is 42.2 Å². The predicted octanol–water partition coefficient (Wildman–Crippen LogP) is 9.10. The van der Waals surface area contributed by atoms with Crippen molar-refractivity contribution in [3.8, 4) is 0 Å². The lowest BCUT2D eigenvalue weighted by Gasteiger charge is -2.45. The van der Waals surface area contributed by atoms with Crippen molar-refractivity contribution in [2.45, 2.75) is 17.1 Å². The van der Waals surface area contributed by atoms with Crippen molar-refractivity contribution in [1.29, 1.82) is 0 Å². The topological polar surface area (TPSA) is 9.23 Å². The summed E-state index contributed by atoms with van der Waals surface area (Å²) in [6, 6.07) is 61.3. The summed E-state index contributed by atoms with van der Waals surface area (Å²) in [6.07, 6.45) is 1.37. The van der Waals surface area contributed by atoms with Gasteiger partial charge in [0.25, 0.3) is 16.6 Å². The molecule has 0 amide bonds. The molecule has 0 aromatic heterocycles. The zero-order valence-corrected chi connectivity index (χ0v) is 37.8. The van der Waals surface area contributed by atoms with Crippen LogP contribution in [0, 0.1) is 0 Å². The maximum atomic E-state index is 8.64. The van der Waals surface area contributed by atoms with Crippen molar-refractivity contribution in [1.82, 2.24) is 0 Å². The minimum atomic E-state index is -3.37. The van der Waals surface area contributed by atoms with E-state index in [2.05, 4.69) is 265 Å². The van der Waals surface area contributed by atoms with E-state index in [0.29, 0.717) is 12.8 Å². The fourth-order valence-corrected chi connectivity index (χ4v) is 19.6. The number of benzene rings is 6. The van der Waals surface area contributed by atoms with E-state index < -0.39 is 20.9 Å². The summed E-state index contributed by atoms with van der Waals surface area (Å²) in [7, 11) is -6.74. The van der Waals surface area contributed by atoms with Gasteiger partial charge >= 0.3 is 0 Å². The number of rotatable bonds is 10. The molecule has 0 aliphatic carbocycles. The number of alkyl halides is 6. The van der Waals surface area contributed by atoms with Crippen molar-refractivity contribution in [3.63, 3.8) is 0 Å². The van der Waals surface area contributed by atoms with Gasteiger partial charge in [-0.3, -0.25) is 0 Å². The molecule has 0 saturated heterocycles. The molecule has 0 unspecified atom stereocenters. The van der Waals surface area contributed by atoms with E-state index in [0.717, 1.165) is 0 Å². The number of halogens is 6. The van der Waals surface area contributed by atoms with E-state index >= 15 is 0 Å². The highest BCUT2D eigenvalue weighted by molar-refractivity contribution is 9.39. The molecule has 1 nitrogen and oxygen atoms in total. The summed E-state index contributed by atoms with van der Waals surface area (Å²) in [5.41, 5.74) is 2.40. The zero-order valence-electron chi connectivity index (χ0n) is 26.3. The van der Waals surface area contributed by atoms with Gasteiger partial charge in [0.2, 0.25) is 0 Å². The third kappa shape index (κ3) is 8.47. The van der Waals surface area contributed by atoms with Gasteiger partial charge in [0.1, 0.15) is 4.29 Å². The van der Waals surface area contributed by atoms with Crippen molar-refractivity contribution in [2.24, 2.45) is 0 Å². The summed E-state index contributed by atoms with van der Waals surface area (Å²) in [5.74, 6) is 0. The minimum Gasteiger partial charge on any atom is -0.435 e. The van der Waals surface area contributed by atoms with E-state index in [1.807, 2.05) is 0 Å². The van der Waals surface area contributed by atoms with Crippen LogP contribution in [0.5, 0.6) is 0 Å². The Morgan fingerprint density at radius 3 is 0.857 bits per heavy atom. The molecule has 0 bridgehead atoms. The third-order valence-corrected chi connectivity index (χ3v) is 19.8.